The smallest absolute Gasteiger partial charge is 0.410 e. The van der Waals surface area contributed by atoms with Crippen molar-refractivity contribution in [3.8, 4) is 28.5 Å². The van der Waals surface area contributed by atoms with Gasteiger partial charge >= 0.3 is 6.09 Å². The third-order valence-corrected chi connectivity index (χ3v) is 13.6. The summed E-state index contributed by atoms with van der Waals surface area (Å²) < 4.78 is 49.8. The summed E-state index contributed by atoms with van der Waals surface area (Å²) in [7, 11) is 1.75. The molecule has 0 N–H and O–H groups in total. The molecule has 0 spiro atoms. The first-order valence-electron chi connectivity index (χ1n) is 18.9. The van der Waals surface area contributed by atoms with Gasteiger partial charge in [0.25, 0.3) is 0 Å². The van der Waals surface area contributed by atoms with Crippen molar-refractivity contribution in [1.29, 1.82) is 0 Å². The van der Waals surface area contributed by atoms with E-state index >= 15 is 8.78 Å². The van der Waals surface area contributed by atoms with Crippen molar-refractivity contribution >= 4 is 54.7 Å². The first-order valence-corrected chi connectivity index (χ1v) is 20.3. The molecule has 2 atom stereocenters. The molecule has 4 aromatic rings. The molecule has 2 unspecified atom stereocenters. The van der Waals surface area contributed by atoms with Crippen LogP contribution in [0.15, 0.2) is 30.5 Å². The van der Waals surface area contributed by atoms with Crippen LogP contribution in [-0.4, -0.2) is 80.1 Å². The van der Waals surface area contributed by atoms with Gasteiger partial charge in [0.15, 0.2) is 22.1 Å². The zero-order valence-corrected chi connectivity index (χ0v) is 35.1. The average Bonchev–Trinajstić information content (AvgIpc) is 3.38. The molecule has 2 aliphatic rings. The molecule has 0 saturated carbocycles. The van der Waals surface area contributed by atoms with Gasteiger partial charge in [-0.1, -0.05) is 53.5 Å². The van der Waals surface area contributed by atoms with Crippen LogP contribution in [0, 0.1) is 40.9 Å². The van der Waals surface area contributed by atoms with Gasteiger partial charge in [-0.25, -0.2) is 18.6 Å². The van der Waals surface area contributed by atoms with Crippen LogP contribution in [0.3, 0.4) is 0 Å². The number of halogens is 3. The molecule has 2 bridgehead atoms. The number of carbonyl (C=O) groups excluding carboxylic acids is 1. The molecule has 1 amide bonds. The number of ether oxygens (including phenoxy) is 3. The predicted octanol–water partition coefficient (Wildman–Crippen LogP) is 9.49. The van der Waals surface area contributed by atoms with Crippen molar-refractivity contribution in [1.82, 2.24) is 19.9 Å². The number of benzene rings is 2. The molecule has 292 valence electrons. The van der Waals surface area contributed by atoms with Crippen molar-refractivity contribution in [2.45, 2.75) is 97.9 Å². The van der Waals surface area contributed by atoms with E-state index in [1.54, 1.807) is 18.2 Å². The Balaban J connectivity index is 1.46. The maximum absolute atomic E-state index is 17.1. The Morgan fingerprint density at radius 1 is 1.02 bits per heavy atom. The van der Waals surface area contributed by atoms with Crippen LogP contribution in [0.25, 0.3) is 32.9 Å². The van der Waals surface area contributed by atoms with Gasteiger partial charge in [-0.15, -0.1) is 5.54 Å². The number of hydrogen-bond donors (Lipinski definition) is 0. The number of aromatic nitrogens is 3. The average molecular weight is 790 g/mol. The molecule has 6 rings (SSSR count). The van der Waals surface area contributed by atoms with E-state index < -0.39 is 17.2 Å². The molecule has 13 heteroatoms. The van der Waals surface area contributed by atoms with Gasteiger partial charge < -0.3 is 19.1 Å². The van der Waals surface area contributed by atoms with Crippen molar-refractivity contribution in [2.75, 3.05) is 31.9 Å². The van der Waals surface area contributed by atoms with E-state index in [9.17, 15) is 4.79 Å². The quantitative estimate of drug-likeness (QED) is 0.0718. The van der Waals surface area contributed by atoms with Gasteiger partial charge in [-0.2, -0.15) is 4.98 Å². The van der Waals surface area contributed by atoms with Gasteiger partial charge in [-0.3, -0.25) is 9.88 Å². The predicted molar refractivity (Wildman–Crippen MR) is 215 cm³/mol. The second kappa shape index (κ2) is 15.8. The number of piperazine rings is 1. The van der Waals surface area contributed by atoms with Crippen LogP contribution < -0.4 is 9.64 Å². The molecule has 0 aliphatic carbocycles. The molecule has 2 aromatic heterocycles. The van der Waals surface area contributed by atoms with Crippen molar-refractivity contribution < 1.29 is 27.8 Å². The fraction of sp³-hybridized carbons (Fsp3) is 0.524. The van der Waals surface area contributed by atoms with E-state index in [0.29, 0.717) is 64.1 Å². The number of anilines is 1. The van der Waals surface area contributed by atoms with Crippen LogP contribution in [0.1, 0.15) is 80.7 Å². The summed E-state index contributed by atoms with van der Waals surface area (Å²) >= 11 is 6.52. The fourth-order valence-electron chi connectivity index (χ4n) is 8.70. The molecule has 2 saturated heterocycles. The first-order chi connectivity index (χ1) is 26.0. The standard InChI is InChI=1S/C42H50ClF2N5O4Si/c1-23(2)42(24(3)4,25(5)6)55-16-15-30-33(44)14-11-26-17-29(53-22-52-10)18-31(34(26)30)36-35(45)37-32(19-46-36)38(48-39(43)47-37)49-20-27-12-13-28(21-49)50(27)40(51)54-41(7,8)9/h11,14,17-19,23-25,27-28H,12-13,20-22H2,1-10H3. The molecule has 4 heterocycles. The minimum Gasteiger partial charge on any atom is -0.468 e. The fourth-order valence-corrected chi connectivity index (χ4v) is 10.1. The van der Waals surface area contributed by atoms with Crippen LogP contribution in [0.5, 0.6) is 5.75 Å². The van der Waals surface area contributed by atoms with Gasteiger partial charge in [0, 0.05) is 37.3 Å². The zero-order chi connectivity index (χ0) is 40.0. The van der Waals surface area contributed by atoms with Crippen LogP contribution in [0.4, 0.5) is 19.4 Å². The molecular formula is C42H50ClF2N5O4Si. The summed E-state index contributed by atoms with van der Waals surface area (Å²) in [6, 6.07) is 6.16. The number of amides is 1. The summed E-state index contributed by atoms with van der Waals surface area (Å²) in [6.45, 7) is 19.7. The second-order valence-electron chi connectivity index (χ2n) is 16.5. The van der Waals surface area contributed by atoms with E-state index in [1.807, 2.05) is 30.6 Å². The van der Waals surface area contributed by atoms with Crippen LogP contribution >= 0.6 is 11.6 Å². The third kappa shape index (κ3) is 7.85. The van der Waals surface area contributed by atoms with Crippen LogP contribution in [0.2, 0.25) is 10.3 Å². The highest BCUT2D eigenvalue weighted by molar-refractivity contribution is 6.50. The Hall–Kier alpha value is -4.05. The Bertz CT molecular complexity index is 2130. The Morgan fingerprint density at radius 2 is 1.67 bits per heavy atom. The largest absolute Gasteiger partial charge is 0.468 e. The van der Waals surface area contributed by atoms with Gasteiger partial charge in [0.2, 0.25) is 5.28 Å². The highest BCUT2D eigenvalue weighted by atomic mass is 35.5. The number of fused-ring (bicyclic) bond motifs is 4. The third-order valence-electron chi connectivity index (χ3n) is 11.0. The summed E-state index contributed by atoms with van der Waals surface area (Å²) in [5.74, 6) is 3.80. The topological polar surface area (TPSA) is 89.9 Å². The van der Waals surface area contributed by atoms with Gasteiger partial charge in [-0.05, 0) is 91.6 Å². The SMILES string of the molecule is COCOc1cc(-c2ncc3c(N4CC5CCC(C4)N5C(=O)OC(C)(C)C)nc(Cl)nc3c2F)c2c(C#C[Si]C(C(C)C)(C(C)C)C(C)C)c(F)ccc2c1. The summed E-state index contributed by atoms with van der Waals surface area (Å²) in [5.41, 5.74) is 3.11. The Kier molecular flexibility index (Phi) is 11.7. The lowest BCUT2D eigenvalue weighted by atomic mass is 9.76. The number of methoxy groups -OCH3 is 1. The molecular weight excluding hydrogens is 740 g/mol. The minimum absolute atomic E-state index is 0.0283. The Morgan fingerprint density at radius 3 is 2.27 bits per heavy atom. The van der Waals surface area contributed by atoms with Crippen molar-refractivity contribution in [3.05, 3.63) is 52.9 Å². The zero-order valence-electron chi connectivity index (χ0n) is 33.3. The number of rotatable bonds is 9. The molecule has 2 radical (unpaired) electrons. The maximum Gasteiger partial charge on any atom is 0.410 e. The highest BCUT2D eigenvalue weighted by Crippen LogP contribution is 2.49. The van der Waals surface area contributed by atoms with E-state index in [0.717, 1.165) is 12.8 Å². The molecule has 2 fully saturated rings. The van der Waals surface area contributed by atoms with Crippen molar-refractivity contribution in [3.63, 3.8) is 0 Å². The first kappa shape index (κ1) is 40.6. The van der Waals surface area contributed by atoms with E-state index in [4.69, 9.17) is 25.8 Å². The number of nitrogens with zero attached hydrogens (tertiary/aromatic N) is 5. The van der Waals surface area contributed by atoms with Gasteiger partial charge in [0.05, 0.1) is 23.0 Å². The number of hydrogen-bond acceptors (Lipinski definition) is 8. The van der Waals surface area contributed by atoms with E-state index in [-0.39, 0.29) is 61.6 Å². The summed E-state index contributed by atoms with van der Waals surface area (Å²) in [4.78, 5) is 30.5. The minimum atomic E-state index is -0.743. The van der Waals surface area contributed by atoms with Crippen molar-refractivity contribution in [2.24, 2.45) is 17.8 Å². The summed E-state index contributed by atoms with van der Waals surface area (Å²) in [6.07, 6.45) is 2.80. The Labute approximate surface area is 330 Å². The molecule has 9 nitrogen and oxygen atoms in total. The lowest BCUT2D eigenvalue weighted by Gasteiger charge is -2.43. The second-order valence-corrected chi connectivity index (χ2v) is 18.2. The molecule has 55 heavy (non-hydrogen) atoms. The number of pyridine rings is 1. The summed E-state index contributed by atoms with van der Waals surface area (Å²) in [5, 5.41) is 1.17. The molecule has 2 aromatic carbocycles. The number of carbonyl (C=O) groups is 1. The lowest BCUT2D eigenvalue weighted by molar-refractivity contribution is 0.0123. The van der Waals surface area contributed by atoms with Crippen LogP contribution in [-0.2, 0) is 9.47 Å². The monoisotopic (exact) mass is 789 g/mol. The van der Waals surface area contributed by atoms with Gasteiger partial charge in [0.1, 0.15) is 34.2 Å². The van der Waals surface area contributed by atoms with E-state index in [1.165, 1.54) is 19.4 Å². The maximum atomic E-state index is 17.1. The van der Waals surface area contributed by atoms with E-state index in [2.05, 4.69) is 68.0 Å². The highest BCUT2D eigenvalue weighted by Gasteiger charge is 2.45. The normalized spacial score (nSPS) is 17.5. The molecule has 2 aliphatic heterocycles. The lowest BCUT2D eigenvalue weighted by Crippen LogP contribution is -2.57.